The van der Waals surface area contributed by atoms with Gasteiger partial charge in [-0.25, -0.2) is 0 Å². The summed E-state index contributed by atoms with van der Waals surface area (Å²) < 4.78 is 3.44. The van der Waals surface area contributed by atoms with Crippen LogP contribution in [-0.2, 0) is 11.3 Å². The maximum atomic E-state index is 12.2. The van der Waals surface area contributed by atoms with Crippen molar-refractivity contribution in [2.75, 3.05) is 0 Å². The summed E-state index contributed by atoms with van der Waals surface area (Å²) in [6.45, 7) is 3.79. The van der Waals surface area contributed by atoms with Gasteiger partial charge >= 0.3 is 5.69 Å². The highest BCUT2D eigenvalue weighted by atomic mass is 16.6. The van der Waals surface area contributed by atoms with Crippen LogP contribution in [0.3, 0.4) is 0 Å². The van der Waals surface area contributed by atoms with Gasteiger partial charge < -0.3 is 9.88 Å². The van der Waals surface area contributed by atoms with Crippen molar-refractivity contribution < 1.29 is 9.72 Å². The highest BCUT2D eigenvalue weighted by Crippen LogP contribution is 2.18. The number of nitrogens with one attached hydrogen (secondary N) is 1. The number of hydrogen-bond acceptors (Lipinski definition) is 4. The second-order valence-electron chi connectivity index (χ2n) is 6.34. The molecule has 0 aliphatic heterocycles. The summed E-state index contributed by atoms with van der Waals surface area (Å²) in [5.74, 6) is -0.135. The molecule has 1 aromatic carbocycles. The summed E-state index contributed by atoms with van der Waals surface area (Å²) in [5.41, 5.74) is 2.33. The van der Waals surface area contributed by atoms with Gasteiger partial charge in [0.1, 0.15) is 11.9 Å². The number of carbonyl (C=O) groups is 1. The molecule has 0 radical (unpaired) electrons. The molecule has 27 heavy (non-hydrogen) atoms. The van der Waals surface area contributed by atoms with Gasteiger partial charge in [0.15, 0.2) is 0 Å². The third-order valence-corrected chi connectivity index (χ3v) is 4.34. The van der Waals surface area contributed by atoms with Gasteiger partial charge in [-0.05, 0) is 43.7 Å². The molecule has 8 nitrogen and oxygen atoms in total. The largest absolute Gasteiger partial charge is 0.350 e. The number of amides is 1. The number of nitro groups is 1. The summed E-state index contributed by atoms with van der Waals surface area (Å²) in [6.07, 6.45) is 5.48. The Morgan fingerprint density at radius 3 is 2.70 bits per heavy atom. The molecule has 3 aromatic rings. The van der Waals surface area contributed by atoms with Crippen molar-refractivity contribution in [2.24, 2.45) is 0 Å². The molecule has 1 amide bonds. The van der Waals surface area contributed by atoms with Crippen molar-refractivity contribution >= 4 is 11.6 Å². The highest BCUT2D eigenvalue weighted by Gasteiger charge is 2.16. The fourth-order valence-corrected chi connectivity index (χ4v) is 2.88. The number of carbonyl (C=O) groups excluding carboxylic acids is 1. The molecular formula is C19H21N5O3. The smallest absolute Gasteiger partial charge is 0.309 e. The minimum absolute atomic E-state index is 0.0365. The first-order valence-corrected chi connectivity index (χ1v) is 8.65. The number of nitrogens with zero attached hydrogens (tertiary/aromatic N) is 4. The van der Waals surface area contributed by atoms with Crippen molar-refractivity contribution in [3.05, 3.63) is 76.4 Å². The van der Waals surface area contributed by atoms with E-state index in [-0.39, 0.29) is 30.6 Å². The maximum absolute atomic E-state index is 12.2. The summed E-state index contributed by atoms with van der Waals surface area (Å²) in [5, 5.41) is 17.9. The zero-order chi connectivity index (χ0) is 19.4. The van der Waals surface area contributed by atoms with Crippen LogP contribution in [0.15, 0.2) is 55.0 Å². The topological polar surface area (TPSA) is 95.0 Å². The Morgan fingerprint density at radius 1 is 1.30 bits per heavy atom. The molecule has 0 aliphatic carbocycles. The summed E-state index contributed by atoms with van der Waals surface area (Å²) in [7, 11) is 0. The van der Waals surface area contributed by atoms with Crippen molar-refractivity contribution in [3.8, 4) is 5.69 Å². The molecule has 2 heterocycles. The molecule has 1 unspecified atom stereocenters. The number of aromatic nitrogens is 3. The normalized spacial score (nSPS) is 11.9. The third kappa shape index (κ3) is 4.41. The number of hydrogen-bond donors (Lipinski definition) is 1. The summed E-state index contributed by atoms with van der Waals surface area (Å²) in [6, 6.07) is 11.7. The van der Waals surface area contributed by atoms with Crippen LogP contribution in [0.5, 0.6) is 0 Å². The molecule has 3 rings (SSSR count). The van der Waals surface area contributed by atoms with Crippen LogP contribution < -0.4 is 5.32 Å². The summed E-state index contributed by atoms with van der Waals surface area (Å²) >= 11 is 0. The van der Waals surface area contributed by atoms with Crippen molar-refractivity contribution in [3.63, 3.8) is 0 Å². The van der Waals surface area contributed by atoms with E-state index in [2.05, 4.69) is 10.4 Å². The van der Waals surface area contributed by atoms with Crippen molar-refractivity contribution in [2.45, 2.75) is 32.9 Å². The summed E-state index contributed by atoms with van der Waals surface area (Å²) in [4.78, 5) is 22.6. The molecule has 0 saturated carbocycles. The SMILES string of the molecule is Cc1nn(CCC(=O)NC(C)c2cccc(-n3cccc3)c2)cc1[N+](=O)[O-]. The molecule has 0 spiro atoms. The number of benzene rings is 1. The van der Waals surface area contributed by atoms with Gasteiger partial charge in [0.05, 0.1) is 11.0 Å². The van der Waals surface area contributed by atoms with Gasteiger partial charge in [0, 0.05) is 31.0 Å². The standard InChI is InChI=1S/C19H21N5O3/c1-14(16-6-5-7-17(12-16)22-9-3-4-10-22)20-19(25)8-11-23-13-18(24(26)27)15(2)21-23/h3-7,9-10,12-14H,8,11H2,1-2H3,(H,20,25). The lowest BCUT2D eigenvalue weighted by atomic mass is 10.1. The molecule has 0 saturated heterocycles. The first kappa shape index (κ1) is 18.4. The number of rotatable bonds is 7. The fourth-order valence-electron chi connectivity index (χ4n) is 2.88. The monoisotopic (exact) mass is 367 g/mol. The van der Waals surface area contributed by atoms with E-state index in [0.717, 1.165) is 11.3 Å². The number of aryl methyl sites for hydroxylation is 2. The molecular weight excluding hydrogens is 346 g/mol. The van der Waals surface area contributed by atoms with E-state index < -0.39 is 4.92 Å². The lowest BCUT2D eigenvalue weighted by molar-refractivity contribution is -0.385. The fraction of sp³-hybridized carbons (Fsp3) is 0.263. The predicted molar refractivity (Wildman–Crippen MR) is 101 cm³/mol. The molecule has 0 aliphatic rings. The predicted octanol–water partition coefficient (Wildman–Crippen LogP) is 3.16. The Bertz CT molecular complexity index is 946. The Kier molecular flexibility index (Phi) is 5.35. The van der Waals surface area contributed by atoms with Gasteiger partial charge in [-0.1, -0.05) is 12.1 Å². The van der Waals surface area contributed by atoms with E-state index in [9.17, 15) is 14.9 Å². The van der Waals surface area contributed by atoms with Crippen molar-refractivity contribution in [1.82, 2.24) is 19.7 Å². The second-order valence-corrected chi connectivity index (χ2v) is 6.34. The Balaban J connectivity index is 1.58. The van der Waals surface area contributed by atoms with Gasteiger partial charge in [0.2, 0.25) is 5.91 Å². The minimum atomic E-state index is -0.473. The lowest BCUT2D eigenvalue weighted by Gasteiger charge is -2.16. The van der Waals surface area contributed by atoms with E-state index in [1.165, 1.54) is 10.9 Å². The van der Waals surface area contributed by atoms with Gasteiger partial charge in [-0.3, -0.25) is 19.6 Å². The molecule has 0 fully saturated rings. The van der Waals surface area contributed by atoms with Crippen LogP contribution in [0.4, 0.5) is 5.69 Å². The van der Waals surface area contributed by atoms with Gasteiger partial charge in [-0.2, -0.15) is 5.10 Å². The molecule has 140 valence electrons. The quantitative estimate of drug-likeness (QED) is 0.512. The maximum Gasteiger partial charge on any atom is 0.309 e. The van der Waals surface area contributed by atoms with Gasteiger partial charge in [0.25, 0.3) is 0 Å². The molecule has 2 aromatic heterocycles. The van der Waals surface area contributed by atoms with Crippen LogP contribution in [0.1, 0.15) is 30.6 Å². The van der Waals surface area contributed by atoms with Crippen molar-refractivity contribution in [1.29, 1.82) is 0 Å². The average Bonchev–Trinajstić information content (AvgIpc) is 3.30. The molecule has 1 N–H and O–H groups in total. The van der Waals surface area contributed by atoms with Gasteiger partial charge in [-0.15, -0.1) is 0 Å². The zero-order valence-corrected chi connectivity index (χ0v) is 15.2. The van der Waals surface area contributed by atoms with Crippen LogP contribution in [0.2, 0.25) is 0 Å². The van der Waals surface area contributed by atoms with Crippen LogP contribution >= 0.6 is 0 Å². The first-order chi connectivity index (χ1) is 12.9. The molecule has 8 heteroatoms. The Hall–Kier alpha value is -3.42. The highest BCUT2D eigenvalue weighted by molar-refractivity contribution is 5.76. The van der Waals surface area contributed by atoms with E-state index >= 15 is 0 Å². The van der Waals surface area contributed by atoms with E-state index in [1.54, 1.807) is 6.92 Å². The van der Waals surface area contributed by atoms with E-state index in [1.807, 2.05) is 60.3 Å². The van der Waals surface area contributed by atoms with Crippen LogP contribution in [-0.4, -0.2) is 25.2 Å². The zero-order valence-electron chi connectivity index (χ0n) is 15.2. The second kappa shape index (κ2) is 7.86. The average molecular weight is 367 g/mol. The third-order valence-electron chi connectivity index (χ3n) is 4.34. The van der Waals surface area contributed by atoms with E-state index in [4.69, 9.17) is 0 Å². The molecule has 1 atom stereocenters. The van der Waals surface area contributed by atoms with Crippen LogP contribution in [0.25, 0.3) is 5.69 Å². The lowest BCUT2D eigenvalue weighted by Crippen LogP contribution is -2.27. The van der Waals surface area contributed by atoms with Crippen LogP contribution in [0, 0.1) is 17.0 Å². The minimum Gasteiger partial charge on any atom is -0.350 e. The molecule has 0 bridgehead atoms. The Labute approximate surface area is 156 Å². The first-order valence-electron chi connectivity index (χ1n) is 8.65. The van der Waals surface area contributed by atoms with E-state index in [0.29, 0.717) is 5.69 Å². The Morgan fingerprint density at radius 2 is 2.04 bits per heavy atom.